The van der Waals surface area contributed by atoms with Crippen LogP contribution in [0.25, 0.3) is 0 Å². The van der Waals surface area contributed by atoms with Gasteiger partial charge in [0.15, 0.2) is 0 Å². The molecule has 0 fully saturated rings. The largest absolute Gasteiger partial charge is 0.297 e. The van der Waals surface area contributed by atoms with Crippen LogP contribution in [0.3, 0.4) is 0 Å². The van der Waals surface area contributed by atoms with E-state index in [-0.39, 0.29) is 11.5 Å². The molecule has 0 spiro atoms. The van der Waals surface area contributed by atoms with Crippen LogP contribution in [0.1, 0.15) is 38.2 Å². The molecule has 3 nitrogen and oxygen atoms in total. The van der Waals surface area contributed by atoms with E-state index in [9.17, 15) is 8.42 Å². The molecule has 0 aliphatic rings. The van der Waals surface area contributed by atoms with E-state index in [0.29, 0.717) is 0 Å². The van der Waals surface area contributed by atoms with Crippen LogP contribution in [-0.2, 0) is 14.3 Å². The van der Waals surface area contributed by atoms with Gasteiger partial charge in [-0.1, -0.05) is 44.4 Å². The summed E-state index contributed by atoms with van der Waals surface area (Å²) in [5.74, 6) is 0. The maximum Gasteiger partial charge on any atom is 0.297 e. The zero-order valence-electron chi connectivity index (χ0n) is 10.5. The monoisotopic (exact) mass is 256 g/mol. The van der Waals surface area contributed by atoms with E-state index < -0.39 is 10.1 Å². The number of unbranched alkanes of at least 4 members (excludes halogenated alkanes) is 3. The predicted octanol–water partition coefficient (Wildman–Crippen LogP) is 3.28. The van der Waals surface area contributed by atoms with Gasteiger partial charge in [-0.25, -0.2) is 0 Å². The van der Waals surface area contributed by atoms with Crippen LogP contribution in [0.15, 0.2) is 29.2 Å². The van der Waals surface area contributed by atoms with Crippen molar-refractivity contribution in [1.82, 2.24) is 0 Å². The number of rotatable bonds is 7. The Kier molecular flexibility index (Phi) is 5.65. The van der Waals surface area contributed by atoms with Gasteiger partial charge in [-0.15, -0.1) is 0 Å². The molecule has 0 saturated heterocycles. The minimum absolute atomic E-state index is 0.274. The van der Waals surface area contributed by atoms with Gasteiger partial charge < -0.3 is 0 Å². The molecular weight excluding hydrogens is 236 g/mol. The Morgan fingerprint density at radius 3 is 2.47 bits per heavy atom. The fourth-order valence-corrected chi connectivity index (χ4v) is 2.77. The van der Waals surface area contributed by atoms with Crippen molar-refractivity contribution >= 4 is 10.1 Å². The highest BCUT2D eigenvalue weighted by molar-refractivity contribution is 7.86. The maximum atomic E-state index is 11.9. The summed E-state index contributed by atoms with van der Waals surface area (Å²) in [4.78, 5) is 0.274. The summed E-state index contributed by atoms with van der Waals surface area (Å²) in [5.41, 5.74) is 0.723. The average molecular weight is 256 g/mol. The van der Waals surface area contributed by atoms with Crippen LogP contribution in [-0.4, -0.2) is 15.0 Å². The number of benzene rings is 1. The zero-order valence-corrected chi connectivity index (χ0v) is 11.3. The number of aryl methyl sites for hydroxylation is 1. The van der Waals surface area contributed by atoms with Crippen LogP contribution in [0.5, 0.6) is 0 Å². The van der Waals surface area contributed by atoms with Crippen LogP contribution in [0, 0.1) is 6.92 Å². The van der Waals surface area contributed by atoms with Gasteiger partial charge >= 0.3 is 0 Å². The van der Waals surface area contributed by atoms with Crippen molar-refractivity contribution in [2.75, 3.05) is 6.61 Å². The van der Waals surface area contributed by atoms with Gasteiger partial charge in [0, 0.05) is 0 Å². The first-order valence-corrected chi connectivity index (χ1v) is 7.44. The average Bonchev–Trinajstić information content (AvgIpc) is 2.29. The summed E-state index contributed by atoms with van der Waals surface area (Å²) in [5, 5.41) is 0. The highest BCUT2D eigenvalue weighted by Gasteiger charge is 2.16. The first kappa shape index (κ1) is 14.2. The summed E-state index contributed by atoms with van der Waals surface area (Å²) >= 11 is 0. The van der Waals surface area contributed by atoms with Crippen molar-refractivity contribution in [2.45, 2.75) is 44.4 Å². The van der Waals surface area contributed by atoms with E-state index in [1.165, 1.54) is 0 Å². The summed E-state index contributed by atoms with van der Waals surface area (Å²) in [6.45, 7) is 4.16. The van der Waals surface area contributed by atoms with Crippen molar-refractivity contribution in [3.63, 3.8) is 0 Å². The molecule has 0 aliphatic heterocycles. The molecule has 0 aliphatic carbocycles. The molecular formula is C13H20O3S. The molecule has 0 bridgehead atoms. The third-order valence-corrected chi connectivity index (χ3v) is 4.07. The van der Waals surface area contributed by atoms with Crippen LogP contribution < -0.4 is 0 Å². The smallest absolute Gasteiger partial charge is 0.266 e. The second-order valence-electron chi connectivity index (χ2n) is 4.10. The summed E-state index contributed by atoms with van der Waals surface area (Å²) in [6, 6.07) is 6.87. The Hall–Kier alpha value is -0.870. The molecule has 0 heterocycles. The Labute approximate surface area is 104 Å². The first-order valence-electron chi connectivity index (χ1n) is 6.03. The molecule has 0 aromatic heterocycles. The van der Waals surface area contributed by atoms with Crippen molar-refractivity contribution in [2.24, 2.45) is 0 Å². The molecule has 0 saturated carbocycles. The zero-order chi connectivity index (χ0) is 12.7. The second-order valence-corrected chi connectivity index (χ2v) is 5.69. The fourth-order valence-electron chi connectivity index (χ4n) is 1.60. The quantitative estimate of drug-likeness (QED) is 0.555. The van der Waals surface area contributed by atoms with Crippen LogP contribution in [0.2, 0.25) is 0 Å². The van der Waals surface area contributed by atoms with Gasteiger partial charge in [-0.3, -0.25) is 4.18 Å². The topological polar surface area (TPSA) is 43.4 Å². The Morgan fingerprint density at radius 1 is 1.12 bits per heavy atom. The second kappa shape index (κ2) is 6.77. The van der Waals surface area contributed by atoms with Gasteiger partial charge in [0.2, 0.25) is 0 Å². The molecule has 1 aromatic rings. The fraction of sp³-hybridized carbons (Fsp3) is 0.538. The molecule has 0 radical (unpaired) electrons. The molecule has 1 rings (SSSR count). The van der Waals surface area contributed by atoms with E-state index in [4.69, 9.17) is 4.18 Å². The standard InChI is InChI=1S/C13H20O3S/c1-3-4-5-8-11-16-17(14,15)13-10-7-6-9-12(13)2/h6-7,9-10H,3-5,8,11H2,1-2H3. The molecule has 0 unspecified atom stereocenters. The Morgan fingerprint density at radius 2 is 1.82 bits per heavy atom. The summed E-state index contributed by atoms with van der Waals surface area (Å²) < 4.78 is 28.7. The van der Waals surface area contributed by atoms with E-state index in [2.05, 4.69) is 6.92 Å². The molecule has 0 atom stereocenters. The van der Waals surface area contributed by atoms with E-state index in [1.807, 2.05) is 6.07 Å². The van der Waals surface area contributed by atoms with Crippen molar-refractivity contribution < 1.29 is 12.6 Å². The van der Waals surface area contributed by atoms with Gasteiger partial charge in [-0.05, 0) is 25.0 Å². The highest BCUT2D eigenvalue weighted by Crippen LogP contribution is 2.17. The Bertz CT molecular complexity index is 438. The van der Waals surface area contributed by atoms with Crippen LogP contribution in [0.4, 0.5) is 0 Å². The van der Waals surface area contributed by atoms with Gasteiger partial charge in [-0.2, -0.15) is 8.42 Å². The van der Waals surface area contributed by atoms with Gasteiger partial charge in [0.25, 0.3) is 10.1 Å². The maximum absolute atomic E-state index is 11.9. The van der Waals surface area contributed by atoms with E-state index >= 15 is 0 Å². The molecule has 1 aromatic carbocycles. The Balaban J connectivity index is 2.55. The lowest BCUT2D eigenvalue weighted by Gasteiger charge is -2.07. The van der Waals surface area contributed by atoms with Crippen molar-refractivity contribution in [1.29, 1.82) is 0 Å². The lowest BCUT2D eigenvalue weighted by atomic mass is 10.2. The normalized spacial score (nSPS) is 11.6. The SMILES string of the molecule is CCCCCCOS(=O)(=O)c1ccccc1C. The van der Waals surface area contributed by atoms with E-state index in [0.717, 1.165) is 31.2 Å². The third-order valence-electron chi connectivity index (χ3n) is 2.60. The highest BCUT2D eigenvalue weighted by atomic mass is 32.2. The van der Waals surface area contributed by atoms with Crippen molar-refractivity contribution in [3.05, 3.63) is 29.8 Å². The number of hydrogen-bond donors (Lipinski definition) is 0. The van der Waals surface area contributed by atoms with Gasteiger partial charge in [0.1, 0.15) is 0 Å². The lowest BCUT2D eigenvalue weighted by molar-refractivity contribution is 0.306. The predicted molar refractivity (Wildman–Crippen MR) is 68.5 cm³/mol. The minimum atomic E-state index is -3.58. The molecule has 0 N–H and O–H groups in total. The first-order chi connectivity index (χ1) is 8.08. The molecule has 4 heteroatoms. The van der Waals surface area contributed by atoms with E-state index in [1.54, 1.807) is 25.1 Å². The van der Waals surface area contributed by atoms with Crippen molar-refractivity contribution in [3.8, 4) is 0 Å². The molecule has 17 heavy (non-hydrogen) atoms. The van der Waals surface area contributed by atoms with Crippen LogP contribution >= 0.6 is 0 Å². The summed E-state index contributed by atoms with van der Waals surface area (Å²) in [6.07, 6.45) is 4.05. The molecule has 96 valence electrons. The lowest BCUT2D eigenvalue weighted by Crippen LogP contribution is -2.09. The number of hydrogen-bond acceptors (Lipinski definition) is 3. The summed E-state index contributed by atoms with van der Waals surface area (Å²) in [7, 11) is -3.58. The third kappa shape index (κ3) is 4.48. The van der Waals surface area contributed by atoms with Gasteiger partial charge in [0.05, 0.1) is 11.5 Å². The molecule has 0 amide bonds. The minimum Gasteiger partial charge on any atom is -0.266 e.